The Bertz CT molecular complexity index is 1130. The predicted octanol–water partition coefficient (Wildman–Crippen LogP) is 4.32. The molecule has 7 nitrogen and oxygen atoms in total. The predicted molar refractivity (Wildman–Crippen MR) is 138 cm³/mol. The van der Waals surface area contributed by atoms with Crippen LogP contribution in [0.2, 0.25) is 10.0 Å². The maximum Gasteiger partial charge on any atom is 0.244 e. The van der Waals surface area contributed by atoms with Crippen LogP contribution in [-0.2, 0) is 26.2 Å². The lowest BCUT2D eigenvalue weighted by Gasteiger charge is -2.33. The van der Waals surface area contributed by atoms with Crippen molar-refractivity contribution in [2.75, 3.05) is 17.1 Å². The normalized spacial score (nSPS) is 12.4. The Balaban J connectivity index is 2.51. The highest BCUT2D eigenvalue weighted by molar-refractivity contribution is 7.92. The molecule has 0 aromatic heterocycles. The van der Waals surface area contributed by atoms with Crippen molar-refractivity contribution in [1.29, 1.82) is 0 Å². The van der Waals surface area contributed by atoms with Gasteiger partial charge in [0.2, 0.25) is 21.8 Å². The summed E-state index contributed by atoms with van der Waals surface area (Å²) in [6.07, 6.45) is 1.05. The lowest BCUT2D eigenvalue weighted by Crippen LogP contribution is -2.52. The molecule has 10 heteroatoms. The van der Waals surface area contributed by atoms with Crippen LogP contribution in [0.3, 0.4) is 0 Å². The average Bonchev–Trinajstić information content (AvgIpc) is 2.71. The Kier molecular flexibility index (Phi) is 9.39. The number of nitrogens with zero attached hydrogens (tertiary/aromatic N) is 2. The SMILES string of the molecule is Cc1cccc(C)c1N(CC(=O)N(Cc1c(Cl)cccc1Cl)[C@H](C)C(=O)NC(C)C)S(C)(=O)=O. The number of halogens is 2. The van der Waals surface area contributed by atoms with E-state index in [1.807, 2.05) is 19.9 Å². The van der Waals surface area contributed by atoms with Gasteiger partial charge in [0.15, 0.2) is 0 Å². The summed E-state index contributed by atoms with van der Waals surface area (Å²) in [6.45, 7) is 8.24. The fourth-order valence-corrected chi connectivity index (χ4v) is 5.10. The quantitative estimate of drug-likeness (QED) is 0.526. The number of rotatable bonds is 9. The van der Waals surface area contributed by atoms with Gasteiger partial charge in [0.1, 0.15) is 12.6 Å². The van der Waals surface area contributed by atoms with Gasteiger partial charge < -0.3 is 10.2 Å². The smallest absolute Gasteiger partial charge is 0.244 e. The van der Waals surface area contributed by atoms with E-state index in [4.69, 9.17) is 23.2 Å². The summed E-state index contributed by atoms with van der Waals surface area (Å²) in [7, 11) is -3.81. The van der Waals surface area contributed by atoms with Crippen LogP contribution < -0.4 is 9.62 Å². The maximum absolute atomic E-state index is 13.6. The molecular formula is C24H31Cl2N3O4S. The van der Waals surface area contributed by atoms with E-state index in [-0.39, 0.29) is 18.5 Å². The number of carbonyl (C=O) groups is 2. The van der Waals surface area contributed by atoms with E-state index >= 15 is 0 Å². The highest BCUT2D eigenvalue weighted by Crippen LogP contribution is 2.29. The molecule has 2 aromatic carbocycles. The molecule has 0 saturated heterocycles. The zero-order valence-corrected chi connectivity index (χ0v) is 22.6. The number of sulfonamides is 1. The fraction of sp³-hybridized carbons (Fsp3) is 0.417. The van der Waals surface area contributed by atoms with Crippen LogP contribution in [0, 0.1) is 13.8 Å². The van der Waals surface area contributed by atoms with E-state index in [1.54, 1.807) is 51.1 Å². The van der Waals surface area contributed by atoms with Crippen molar-refractivity contribution < 1.29 is 18.0 Å². The molecule has 1 N–H and O–H groups in total. The first-order valence-corrected chi connectivity index (χ1v) is 13.4. The number of aryl methyl sites for hydroxylation is 2. The first kappa shape index (κ1) is 28.0. The largest absolute Gasteiger partial charge is 0.352 e. The molecule has 0 aliphatic rings. The first-order chi connectivity index (χ1) is 15.7. The van der Waals surface area contributed by atoms with Crippen molar-refractivity contribution >= 4 is 50.7 Å². The Morgan fingerprint density at radius 3 is 1.94 bits per heavy atom. The van der Waals surface area contributed by atoms with E-state index in [0.717, 1.165) is 10.6 Å². The van der Waals surface area contributed by atoms with Gasteiger partial charge in [-0.25, -0.2) is 8.42 Å². The van der Waals surface area contributed by atoms with Crippen LogP contribution in [0.15, 0.2) is 36.4 Å². The number of anilines is 1. The summed E-state index contributed by atoms with van der Waals surface area (Å²) in [4.78, 5) is 27.7. The maximum atomic E-state index is 13.6. The van der Waals surface area contributed by atoms with E-state index < -0.39 is 28.5 Å². The molecule has 2 amide bonds. The summed E-state index contributed by atoms with van der Waals surface area (Å²) in [6, 6.07) is 9.31. The lowest BCUT2D eigenvalue weighted by atomic mass is 10.1. The van der Waals surface area contributed by atoms with Gasteiger partial charge in [-0.05, 0) is 57.9 Å². The minimum absolute atomic E-state index is 0.0611. The third-order valence-electron chi connectivity index (χ3n) is 5.36. The number of nitrogens with one attached hydrogen (secondary N) is 1. The lowest BCUT2D eigenvalue weighted by molar-refractivity contribution is -0.139. The van der Waals surface area contributed by atoms with Crippen molar-refractivity contribution in [2.45, 2.75) is 53.2 Å². The van der Waals surface area contributed by atoms with Crippen LogP contribution in [0.5, 0.6) is 0 Å². The summed E-state index contributed by atoms with van der Waals surface area (Å²) in [5.74, 6) is -0.931. The Morgan fingerprint density at radius 1 is 0.971 bits per heavy atom. The molecule has 34 heavy (non-hydrogen) atoms. The molecule has 0 saturated carbocycles. The van der Waals surface area contributed by atoms with Crippen molar-refractivity contribution in [1.82, 2.24) is 10.2 Å². The molecule has 2 rings (SSSR count). The second-order valence-electron chi connectivity index (χ2n) is 8.57. The summed E-state index contributed by atoms with van der Waals surface area (Å²) in [5.41, 5.74) is 2.34. The van der Waals surface area contributed by atoms with Gasteiger partial charge in [0, 0.05) is 28.2 Å². The molecule has 1 atom stereocenters. The first-order valence-electron chi connectivity index (χ1n) is 10.8. The van der Waals surface area contributed by atoms with Crippen LogP contribution in [0.1, 0.15) is 37.5 Å². The Hall–Kier alpha value is -2.29. The minimum Gasteiger partial charge on any atom is -0.352 e. The average molecular weight is 529 g/mol. The van der Waals surface area contributed by atoms with Gasteiger partial charge in [-0.2, -0.15) is 0 Å². The zero-order chi connectivity index (χ0) is 25.8. The summed E-state index contributed by atoms with van der Waals surface area (Å²) in [5, 5.41) is 3.48. The Morgan fingerprint density at radius 2 is 1.47 bits per heavy atom. The fourth-order valence-electron chi connectivity index (χ4n) is 3.62. The topological polar surface area (TPSA) is 86.8 Å². The van der Waals surface area contributed by atoms with E-state index in [2.05, 4.69) is 5.32 Å². The van der Waals surface area contributed by atoms with Gasteiger partial charge in [0.25, 0.3) is 0 Å². The van der Waals surface area contributed by atoms with Gasteiger partial charge in [0.05, 0.1) is 11.9 Å². The molecular weight excluding hydrogens is 497 g/mol. The molecule has 0 unspecified atom stereocenters. The standard InChI is InChI=1S/C24H31Cl2N3O4S/c1-15(2)27-24(31)18(5)28(13-19-20(25)11-8-12-21(19)26)22(30)14-29(34(6,32)33)23-16(3)9-7-10-17(23)4/h7-12,15,18H,13-14H2,1-6H3,(H,27,31)/t18-/m1/s1. The van der Waals surface area contributed by atoms with Gasteiger partial charge in [-0.3, -0.25) is 13.9 Å². The molecule has 0 heterocycles. The molecule has 0 fully saturated rings. The van der Waals surface area contributed by atoms with Crippen molar-refractivity contribution in [2.24, 2.45) is 0 Å². The zero-order valence-electron chi connectivity index (χ0n) is 20.2. The molecule has 186 valence electrons. The van der Waals surface area contributed by atoms with Gasteiger partial charge in [-0.1, -0.05) is 47.5 Å². The number of hydrogen-bond acceptors (Lipinski definition) is 4. The summed E-state index contributed by atoms with van der Waals surface area (Å²) >= 11 is 12.7. The number of para-hydroxylation sites is 1. The van der Waals surface area contributed by atoms with Crippen LogP contribution >= 0.6 is 23.2 Å². The second kappa shape index (κ2) is 11.4. The molecule has 0 aliphatic heterocycles. The monoisotopic (exact) mass is 527 g/mol. The van der Waals surface area contributed by atoms with Crippen molar-refractivity contribution in [3.05, 3.63) is 63.1 Å². The number of carbonyl (C=O) groups excluding carboxylic acids is 2. The van der Waals surface area contributed by atoms with Crippen molar-refractivity contribution in [3.8, 4) is 0 Å². The minimum atomic E-state index is -3.81. The highest BCUT2D eigenvalue weighted by Gasteiger charge is 2.32. The van der Waals surface area contributed by atoms with Gasteiger partial charge in [-0.15, -0.1) is 0 Å². The van der Waals surface area contributed by atoms with Crippen molar-refractivity contribution in [3.63, 3.8) is 0 Å². The number of benzene rings is 2. The molecule has 0 bridgehead atoms. The van der Waals surface area contributed by atoms with E-state index in [1.165, 1.54) is 4.90 Å². The second-order valence-corrected chi connectivity index (χ2v) is 11.3. The van der Waals surface area contributed by atoms with Crippen LogP contribution in [0.25, 0.3) is 0 Å². The molecule has 2 aromatic rings. The van der Waals surface area contributed by atoms with E-state index in [0.29, 0.717) is 32.4 Å². The van der Waals surface area contributed by atoms with Gasteiger partial charge >= 0.3 is 0 Å². The third-order valence-corrected chi connectivity index (χ3v) is 7.18. The summed E-state index contributed by atoms with van der Waals surface area (Å²) < 4.78 is 26.6. The Labute approximate surface area is 212 Å². The number of hydrogen-bond donors (Lipinski definition) is 1. The highest BCUT2D eigenvalue weighted by atomic mass is 35.5. The third kappa shape index (κ3) is 6.87. The molecule has 0 aliphatic carbocycles. The molecule has 0 radical (unpaired) electrons. The van der Waals surface area contributed by atoms with E-state index in [9.17, 15) is 18.0 Å². The van der Waals surface area contributed by atoms with Crippen LogP contribution in [-0.4, -0.2) is 50.0 Å². The molecule has 0 spiro atoms. The van der Waals surface area contributed by atoms with Crippen LogP contribution in [0.4, 0.5) is 5.69 Å². The number of amides is 2.